The lowest BCUT2D eigenvalue weighted by Crippen LogP contribution is -2.77. The second kappa shape index (κ2) is 5.71. The van der Waals surface area contributed by atoms with Crippen LogP contribution in [0.4, 0.5) is 4.39 Å². The van der Waals surface area contributed by atoms with Gasteiger partial charge in [0.15, 0.2) is 6.61 Å². The number of nitrogens with one attached hydrogen (secondary N) is 2. The number of H-pyrrole nitrogens is 1. The van der Waals surface area contributed by atoms with Crippen molar-refractivity contribution in [1.29, 1.82) is 0 Å². The van der Waals surface area contributed by atoms with E-state index in [1.54, 1.807) is 6.20 Å². The maximum Gasteiger partial charge on any atom is 0.258 e. The van der Waals surface area contributed by atoms with Gasteiger partial charge in [0.1, 0.15) is 17.4 Å². The average molecular weight is 366 g/mol. The second-order valence-electron chi connectivity index (χ2n) is 6.92. The Labute approximate surface area is 148 Å². The number of aliphatic hydroxyl groups excluding tert-OH is 1. The molecular weight excluding hydrogens is 349 g/mol. The third-order valence-electron chi connectivity index (χ3n) is 5.00. The van der Waals surface area contributed by atoms with Gasteiger partial charge in [-0.15, -0.1) is 0 Å². The van der Waals surface area contributed by atoms with E-state index in [2.05, 4.69) is 15.3 Å². The Balaban J connectivity index is 1.28. The molecule has 3 aliphatic carbocycles. The first-order chi connectivity index (χ1) is 11.9. The van der Waals surface area contributed by atoms with Gasteiger partial charge in [0.05, 0.1) is 23.5 Å². The number of imidazole rings is 1. The highest BCUT2D eigenvalue weighted by Gasteiger charge is 2.70. The fraction of sp³-hybridized carbons (Fsp3) is 0.412. The first kappa shape index (κ1) is 16.4. The Morgan fingerprint density at radius 2 is 2.20 bits per heavy atom. The van der Waals surface area contributed by atoms with Crippen LogP contribution in [0, 0.1) is 5.82 Å². The van der Waals surface area contributed by atoms with Crippen LogP contribution in [0.25, 0.3) is 0 Å². The number of aromatic amines is 1. The molecule has 3 N–H and O–H groups in total. The molecule has 6 nitrogen and oxygen atoms in total. The molecule has 2 bridgehead atoms. The molecule has 0 aliphatic heterocycles. The highest BCUT2D eigenvalue weighted by molar-refractivity contribution is 6.30. The van der Waals surface area contributed by atoms with E-state index in [9.17, 15) is 9.18 Å². The van der Waals surface area contributed by atoms with Crippen LogP contribution < -0.4 is 10.1 Å². The fourth-order valence-corrected chi connectivity index (χ4v) is 4.05. The van der Waals surface area contributed by atoms with Crippen molar-refractivity contribution in [1.82, 2.24) is 15.3 Å². The molecule has 1 amide bonds. The third kappa shape index (κ3) is 2.77. The number of amides is 1. The number of rotatable bonds is 6. The van der Waals surface area contributed by atoms with Crippen molar-refractivity contribution in [3.05, 3.63) is 46.8 Å². The monoisotopic (exact) mass is 365 g/mol. The summed E-state index contributed by atoms with van der Waals surface area (Å²) in [4.78, 5) is 19.5. The van der Waals surface area contributed by atoms with Gasteiger partial charge in [-0.05, 0) is 31.4 Å². The SMILES string of the molecule is O=C(COc1ccc(Cl)c(F)c1)NC12CC(c3ncc(CO)[nH]3)(C1)C2. The van der Waals surface area contributed by atoms with Crippen molar-refractivity contribution in [3.63, 3.8) is 0 Å². The number of halogens is 2. The number of carbonyl (C=O) groups is 1. The molecule has 1 aromatic carbocycles. The van der Waals surface area contributed by atoms with Crippen molar-refractivity contribution in [2.24, 2.45) is 0 Å². The van der Waals surface area contributed by atoms with Gasteiger partial charge < -0.3 is 20.1 Å². The highest BCUT2D eigenvalue weighted by Crippen LogP contribution is 2.67. The Hall–Kier alpha value is -2.12. The summed E-state index contributed by atoms with van der Waals surface area (Å²) in [6.07, 6.45) is 4.10. The quantitative estimate of drug-likeness (QED) is 0.731. The summed E-state index contributed by atoms with van der Waals surface area (Å²) in [5.74, 6) is 0.319. The van der Waals surface area contributed by atoms with Gasteiger partial charge in [-0.3, -0.25) is 4.79 Å². The summed E-state index contributed by atoms with van der Waals surface area (Å²) in [7, 11) is 0. The number of aliphatic hydroxyl groups is 1. The van der Waals surface area contributed by atoms with E-state index in [0.29, 0.717) is 5.69 Å². The average Bonchev–Trinajstić information content (AvgIpc) is 2.99. The molecule has 2 aromatic rings. The Morgan fingerprint density at radius 1 is 1.44 bits per heavy atom. The highest BCUT2D eigenvalue weighted by atomic mass is 35.5. The number of hydrogen-bond acceptors (Lipinski definition) is 4. The van der Waals surface area contributed by atoms with Gasteiger partial charge in [-0.2, -0.15) is 0 Å². The minimum atomic E-state index is -0.582. The van der Waals surface area contributed by atoms with E-state index < -0.39 is 5.82 Å². The minimum Gasteiger partial charge on any atom is -0.484 e. The zero-order valence-electron chi connectivity index (χ0n) is 13.3. The Kier molecular flexibility index (Phi) is 3.73. The maximum absolute atomic E-state index is 13.3. The van der Waals surface area contributed by atoms with E-state index >= 15 is 0 Å². The van der Waals surface area contributed by atoms with Crippen LogP contribution in [0.2, 0.25) is 5.02 Å². The van der Waals surface area contributed by atoms with E-state index in [1.165, 1.54) is 12.1 Å². The molecule has 0 unspecified atom stereocenters. The van der Waals surface area contributed by atoms with Crippen LogP contribution in [0.1, 0.15) is 30.8 Å². The molecule has 8 heteroatoms. The number of hydrogen-bond donors (Lipinski definition) is 3. The lowest BCUT2D eigenvalue weighted by Gasteiger charge is -2.69. The van der Waals surface area contributed by atoms with Crippen molar-refractivity contribution >= 4 is 17.5 Å². The standard InChI is InChI=1S/C17H17ClFN3O3/c18-12-2-1-11(3-13(12)19)25-6-14(24)22-17-7-16(8-17,9-17)15-20-4-10(5-23)21-15/h1-4,23H,5-9H2,(H,20,21)(H,22,24). The minimum absolute atomic E-state index is 0.0123. The number of nitrogens with zero attached hydrogens (tertiary/aromatic N) is 1. The van der Waals surface area contributed by atoms with E-state index in [0.717, 1.165) is 31.2 Å². The summed E-state index contributed by atoms with van der Waals surface area (Å²) in [6.45, 7) is -0.237. The summed E-state index contributed by atoms with van der Waals surface area (Å²) in [5, 5.41) is 12.1. The van der Waals surface area contributed by atoms with Gasteiger partial charge in [-0.25, -0.2) is 9.37 Å². The summed E-state index contributed by atoms with van der Waals surface area (Å²) < 4.78 is 18.6. The second-order valence-corrected chi connectivity index (χ2v) is 7.33. The molecule has 3 saturated carbocycles. The van der Waals surface area contributed by atoms with Gasteiger partial charge in [0, 0.05) is 17.0 Å². The number of aromatic nitrogens is 2. The molecule has 0 atom stereocenters. The molecule has 3 fully saturated rings. The van der Waals surface area contributed by atoms with Gasteiger partial charge in [0.25, 0.3) is 5.91 Å². The van der Waals surface area contributed by atoms with E-state index in [-0.39, 0.29) is 40.8 Å². The zero-order chi connectivity index (χ0) is 17.7. The van der Waals surface area contributed by atoms with E-state index in [1.807, 2.05) is 0 Å². The predicted octanol–water partition coefficient (Wildman–Crippen LogP) is 2.06. The third-order valence-corrected chi connectivity index (χ3v) is 5.30. The van der Waals surface area contributed by atoms with Crippen LogP contribution in [-0.4, -0.2) is 33.1 Å². The van der Waals surface area contributed by atoms with Crippen LogP contribution in [-0.2, 0) is 16.8 Å². The Bertz CT molecular complexity index is 819. The van der Waals surface area contributed by atoms with Crippen LogP contribution in [0.15, 0.2) is 24.4 Å². The molecular formula is C17H17ClFN3O3. The zero-order valence-corrected chi connectivity index (χ0v) is 14.1. The number of benzene rings is 1. The van der Waals surface area contributed by atoms with Crippen molar-refractivity contribution in [2.75, 3.05) is 6.61 Å². The van der Waals surface area contributed by atoms with Crippen molar-refractivity contribution in [2.45, 2.75) is 36.8 Å². The predicted molar refractivity (Wildman–Crippen MR) is 87.8 cm³/mol. The fourth-order valence-electron chi connectivity index (χ4n) is 3.93. The molecule has 1 heterocycles. The largest absolute Gasteiger partial charge is 0.484 e. The lowest BCUT2D eigenvalue weighted by molar-refractivity contribution is -0.141. The molecule has 0 spiro atoms. The first-order valence-corrected chi connectivity index (χ1v) is 8.36. The van der Waals surface area contributed by atoms with Crippen LogP contribution in [0.3, 0.4) is 0 Å². The molecule has 5 rings (SSSR count). The molecule has 0 radical (unpaired) electrons. The van der Waals surface area contributed by atoms with Crippen molar-refractivity contribution < 1.29 is 19.0 Å². The van der Waals surface area contributed by atoms with Crippen LogP contribution in [0.5, 0.6) is 5.75 Å². The summed E-state index contributed by atoms with van der Waals surface area (Å²) >= 11 is 5.61. The van der Waals surface area contributed by atoms with Gasteiger partial charge in [-0.1, -0.05) is 11.6 Å². The normalized spacial score (nSPS) is 26.5. The molecule has 3 aliphatic rings. The van der Waals surface area contributed by atoms with Crippen molar-refractivity contribution in [3.8, 4) is 5.75 Å². The lowest BCUT2D eigenvalue weighted by atomic mass is 9.39. The topological polar surface area (TPSA) is 87.2 Å². The summed E-state index contributed by atoms with van der Waals surface area (Å²) in [6, 6.07) is 4.06. The molecule has 25 heavy (non-hydrogen) atoms. The summed E-state index contributed by atoms with van der Waals surface area (Å²) in [5.41, 5.74) is 0.486. The van der Waals surface area contributed by atoms with Gasteiger partial charge in [0.2, 0.25) is 0 Å². The molecule has 0 saturated heterocycles. The van der Waals surface area contributed by atoms with E-state index in [4.69, 9.17) is 21.4 Å². The smallest absolute Gasteiger partial charge is 0.258 e. The molecule has 132 valence electrons. The maximum atomic E-state index is 13.3. The first-order valence-electron chi connectivity index (χ1n) is 7.98. The van der Waals surface area contributed by atoms with Gasteiger partial charge >= 0.3 is 0 Å². The van der Waals surface area contributed by atoms with Crippen LogP contribution >= 0.6 is 11.6 Å². The number of carbonyl (C=O) groups excluding carboxylic acids is 1. The Morgan fingerprint density at radius 3 is 2.84 bits per heavy atom. The molecule has 1 aromatic heterocycles. The number of ether oxygens (including phenoxy) is 1.